The van der Waals surface area contributed by atoms with Gasteiger partial charge in [-0.15, -0.1) is 0 Å². The Labute approximate surface area is 98.6 Å². The lowest BCUT2D eigenvalue weighted by Gasteiger charge is -2.24. The number of carbonyl (C=O) groups excluding carboxylic acids is 2. The molecule has 6 heteroatoms. The number of pyridine rings is 1. The maximum Gasteiger partial charge on any atom is 0.255 e. The Balaban J connectivity index is 2.13. The van der Waals surface area contributed by atoms with E-state index in [0.29, 0.717) is 5.82 Å². The second-order valence-corrected chi connectivity index (χ2v) is 3.67. The summed E-state index contributed by atoms with van der Waals surface area (Å²) in [7, 11) is 1.76. The average molecular weight is 235 g/mol. The standard InChI is InChI=1S/C11H13N3O3/c1-12-9-4-8(2-3-13-9)5-14-10(15)6-17-7-11(14)16/h2-4H,5-7H2,1H3,(H,12,13). The van der Waals surface area contributed by atoms with Gasteiger partial charge in [0.1, 0.15) is 19.0 Å². The molecule has 1 aromatic heterocycles. The zero-order valence-corrected chi connectivity index (χ0v) is 9.47. The van der Waals surface area contributed by atoms with Crippen LogP contribution in [0.2, 0.25) is 0 Å². The molecule has 0 bridgehead atoms. The normalized spacial score (nSPS) is 16.2. The molecule has 0 saturated carbocycles. The van der Waals surface area contributed by atoms with Crippen LogP contribution in [0.5, 0.6) is 0 Å². The molecule has 2 amide bonds. The van der Waals surface area contributed by atoms with Crippen molar-refractivity contribution < 1.29 is 14.3 Å². The van der Waals surface area contributed by atoms with E-state index in [4.69, 9.17) is 4.74 Å². The summed E-state index contributed by atoms with van der Waals surface area (Å²) in [5.41, 5.74) is 0.855. The third kappa shape index (κ3) is 2.59. The van der Waals surface area contributed by atoms with Gasteiger partial charge in [0.25, 0.3) is 11.8 Å². The maximum atomic E-state index is 11.5. The molecule has 6 nitrogen and oxygen atoms in total. The molecule has 17 heavy (non-hydrogen) atoms. The first-order valence-electron chi connectivity index (χ1n) is 5.24. The lowest BCUT2D eigenvalue weighted by Crippen LogP contribution is -2.45. The van der Waals surface area contributed by atoms with Crippen LogP contribution in [0.4, 0.5) is 5.82 Å². The third-order valence-corrected chi connectivity index (χ3v) is 2.47. The van der Waals surface area contributed by atoms with E-state index in [9.17, 15) is 9.59 Å². The number of amides is 2. The van der Waals surface area contributed by atoms with Crippen molar-refractivity contribution in [3.8, 4) is 0 Å². The lowest BCUT2D eigenvalue weighted by atomic mass is 10.2. The Bertz CT molecular complexity index is 431. The highest BCUT2D eigenvalue weighted by Gasteiger charge is 2.26. The Morgan fingerprint density at radius 3 is 2.76 bits per heavy atom. The van der Waals surface area contributed by atoms with Gasteiger partial charge < -0.3 is 10.1 Å². The molecular formula is C11H13N3O3. The van der Waals surface area contributed by atoms with Gasteiger partial charge in [-0.2, -0.15) is 0 Å². The molecule has 1 fully saturated rings. The molecule has 1 N–H and O–H groups in total. The molecule has 2 heterocycles. The zero-order chi connectivity index (χ0) is 12.3. The van der Waals surface area contributed by atoms with E-state index in [1.165, 1.54) is 4.90 Å². The quantitative estimate of drug-likeness (QED) is 0.747. The van der Waals surface area contributed by atoms with E-state index >= 15 is 0 Å². The van der Waals surface area contributed by atoms with Crippen molar-refractivity contribution in [1.29, 1.82) is 0 Å². The fourth-order valence-corrected chi connectivity index (χ4v) is 1.59. The van der Waals surface area contributed by atoms with Crippen LogP contribution in [0.1, 0.15) is 5.56 Å². The van der Waals surface area contributed by atoms with Crippen LogP contribution in [0.25, 0.3) is 0 Å². The first-order valence-corrected chi connectivity index (χ1v) is 5.24. The highest BCUT2D eigenvalue weighted by Crippen LogP contribution is 2.11. The van der Waals surface area contributed by atoms with Gasteiger partial charge >= 0.3 is 0 Å². The minimum absolute atomic E-state index is 0.0320. The largest absolute Gasteiger partial charge is 0.373 e. The molecule has 90 valence electrons. The summed E-state index contributed by atoms with van der Waals surface area (Å²) in [5, 5.41) is 2.90. The van der Waals surface area contributed by atoms with Crippen molar-refractivity contribution >= 4 is 17.6 Å². The molecular weight excluding hydrogens is 222 g/mol. The van der Waals surface area contributed by atoms with E-state index < -0.39 is 0 Å². The van der Waals surface area contributed by atoms with Gasteiger partial charge in [-0.1, -0.05) is 0 Å². The van der Waals surface area contributed by atoms with Crippen LogP contribution in [-0.4, -0.2) is 42.0 Å². The van der Waals surface area contributed by atoms with Crippen LogP contribution in [0.3, 0.4) is 0 Å². The molecule has 1 aliphatic rings. The molecule has 1 saturated heterocycles. The number of imide groups is 1. The Morgan fingerprint density at radius 2 is 2.12 bits per heavy atom. The molecule has 0 unspecified atom stereocenters. The lowest BCUT2D eigenvalue weighted by molar-refractivity contribution is -0.159. The van der Waals surface area contributed by atoms with Crippen molar-refractivity contribution in [3.63, 3.8) is 0 Å². The Kier molecular flexibility index (Phi) is 3.34. The van der Waals surface area contributed by atoms with E-state index in [0.717, 1.165) is 5.56 Å². The second kappa shape index (κ2) is 4.92. The number of morpholine rings is 1. The molecule has 1 aromatic rings. The van der Waals surface area contributed by atoms with Crippen LogP contribution >= 0.6 is 0 Å². The number of carbonyl (C=O) groups is 2. The molecule has 0 aromatic carbocycles. The molecule has 0 aliphatic carbocycles. The first-order chi connectivity index (χ1) is 8.20. The number of ether oxygens (including phenoxy) is 1. The molecule has 2 rings (SSSR count). The minimum atomic E-state index is -0.302. The summed E-state index contributed by atoms with van der Waals surface area (Å²) in [4.78, 5) is 28.3. The van der Waals surface area contributed by atoms with E-state index in [2.05, 4.69) is 10.3 Å². The number of aromatic nitrogens is 1. The Morgan fingerprint density at radius 1 is 1.41 bits per heavy atom. The highest BCUT2D eigenvalue weighted by molar-refractivity contribution is 5.98. The average Bonchev–Trinajstić information content (AvgIpc) is 2.34. The van der Waals surface area contributed by atoms with Crippen LogP contribution < -0.4 is 5.32 Å². The molecule has 1 aliphatic heterocycles. The number of hydrogen-bond acceptors (Lipinski definition) is 5. The number of hydrogen-bond donors (Lipinski definition) is 1. The first kappa shape index (κ1) is 11.5. The topological polar surface area (TPSA) is 71.5 Å². The Hall–Kier alpha value is -1.95. The number of nitrogens with one attached hydrogen (secondary N) is 1. The van der Waals surface area contributed by atoms with E-state index in [-0.39, 0.29) is 31.6 Å². The van der Waals surface area contributed by atoms with Gasteiger partial charge in [0.05, 0.1) is 6.54 Å². The fourth-order valence-electron chi connectivity index (χ4n) is 1.59. The molecule has 0 spiro atoms. The number of nitrogens with zero attached hydrogens (tertiary/aromatic N) is 2. The summed E-state index contributed by atoms with van der Waals surface area (Å²) in [5.74, 6) is 0.101. The smallest absolute Gasteiger partial charge is 0.255 e. The van der Waals surface area contributed by atoms with Gasteiger partial charge in [-0.3, -0.25) is 14.5 Å². The van der Waals surface area contributed by atoms with Gasteiger partial charge in [0, 0.05) is 13.2 Å². The van der Waals surface area contributed by atoms with E-state index in [1.807, 2.05) is 0 Å². The van der Waals surface area contributed by atoms with Crippen molar-refractivity contribution in [1.82, 2.24) is 9.88 Å². The van der Waals surface area contributed by atoms with E-state index in [1.54, 1.807) is 25.4 Å². The van der Waals surface area contributed by atoms with Gasteiger partial charge in [0.2, 0.25) is 0 Å². The van der Waals surface area contributed by atoms with Gasteiger partial charge in [0.15, 0.2) is 0 Å². The summed E-state index contributed by atoms with van der Waals surface area (Å²) in [6, 6.07) is 3.58. The van der Waals surface area contributed by atoms with Gasteiger partial charge in [-0.25, -0.2) is 4.98 Å². The predicted molar refractivity (Wildman–Crippen MR) is 60.2 cm³/mol. The predicted octanol–water partition coefficient (Wildman–Crippen LogP) is 0.00870. The van der Waals surface area contributed by atoms with Crippen LogP contribution in [0.15, 0.2) is 18.3 Å². The number of rotatable bonds is 3. The molecule has 0 atom stereocenters. The van der Waals surface area contributed by atoms with Crippen molar-refractivity contribution in [2.75, 3.05) is 25.6 Å². The summed E-state index contributed by atoms with van der Waals surface area (Å²) < 4.78 is 4.84. The summed E-state index contributed by atoms with van der Waals surface area (Å²) in [6.45, 7) is 0.198. The second-order valence-electron chi connectivity index (χ2n) is 3.67. The highest BCUT2D eigenvalue weighted by atomic mass is 16.5. The summed E-state index contributed by atoms with van der Waals surface area (Å²) in [6.07, 6.45) is 1.64. The van der Waals surface area contributed by atoms with Gasteiger partial charge in [-0.05, 0) is 17.7 Å². The molecule has 0 radical (unpaired) electrons. The summed E-state index contributed by atoms with van der Waals surface area (Å²) >= 11 is 0. The van der Waals surface area contributed by atoms with Crippen LogP contribution in [-0.2, 0) is 20.9 Å². The minimum Gasteiger partial charge on any atom is -0.373 e. The van der Waals surface area contributed by atoms with Crippen LogP contribution in [0, 0.1) is 0 Å². The third-order valence-electron chi connectivity index (χ3n) is 2.47. The zero-order valence-electron chi connectivity index (χ0n) is 9.47. The number of anilines is 1. The SMILES string of the molecule is CNc1cc(CN2C(=O)COCC2=O)ccn1. The monoisotopic (exact) mass is 235 g/mol. The fraction of sp³-hybridized carbons (Fsp3) is 0.364. The maximum absolute atomic E-state index is 11.5. The van der Waals surface area contributed by atoms with Crippen molar-refractivity contribution in [2.45, 2.75) is 6.54 Å². The van der Waals surface area contributed by atoms with Crippen molar-refractivity contribution in [2.24, 2.45) is 0 Å². The van der Waals surface area contributed by atoms with Crippen molar-refractivity contribution in [3.05, 3.63) is 23.9 Å².